The fourth-order valence-corrected chi connectivity index (χ4v) is 4.58. The predicted octanol–water partition coefficient (Wildman–Crippen LogP) is 4.77. The first kappa shape index (κ1) is 21.0. The van der Waals surface area contributed by atoms with Gasteiger partial charge in [0.1, 0.15) is 5.76 Å². The van der Waals surface area contributed by atoms with E-state index in [1.165, 1.54) is 42.6 Å². The number of hydrogen-bond acceptors (Lipinski definition) is 6. The number of ketones is 1. The minimum absolute atomic E-state index is 0.0655. The van der Waals surface area contributed by atoms with Gasteiger partial charge in [0.2, 0.25) is 0 Å². The molecule has 1 fully saturated rings. The summed E-state index contributed by atoms with van der Waals surface area (Å²) in [6, 6.07) is 9.00. The summed E-state index contributed by atoms with van der Waals surface area (Å²) in [6.45, 7) is 0. The van der Waals surface area contributed by atoms with Crippen molar-refractivity contribution in [2.75, 3.05) is 4.90 Å². The molecule has 156 valence electrons. The number of carboxylic acids is 1. The molecule has 31 heavy (non-hydrogen) atoms. The number of aromatic carboxylic acids is 1. The third-order valence-corrected chi connectivity index (χ3v) is 6.06. The number of nitrogens with zero attached hydrogens (tertiary/aromatic N) is 2. The number of halogens is 2. The topological polar surface area (TPSA) is 108 Å². The Kier molecular flexibility index (Phi) is 5.53. The van der Waals surface area contributed by atoms with E-state index in [0.29, 0.717) is 5.02 Å². The van der Waals surface area contributed by atoms with E-state index < -0.39 is 29.5 Å². The molecule has 1 unspecified atom stereocenters. The minimum atomic E-state index is -1.25. The average Bonchev–Trinajstić information content (AvgIpc) is 3.34. The molecule has 1 saturated heterocycles. The third-order valence-electron chi connectivity index (χ3n) is 4.74. The standard InChI is InChI=1S/C21H12Cl2N2O5S/c22-10-5-6-13(14(23)9-10)17(26)15-16(11-3-1-2-4-12(11)20(29)30)25(19(28)18(15)27)21-24-7-8-31-21/h1-9,16,26H,(H,29,30)/b17-15+. The molecule has 0 aliphatic carbocycles. The lowest BCUT2D eigenvalue weighted by Crippen LogP contribution is -2.30. The summed E-state index contributed by atoms with van der Waals surface area (Å²) in [4.78, 5) is 43.0. The van der Waals surface area contributed by atoms with E-state index >= 15 is 0 Å². The van der Waals surface area contributed by atoms with Crippen molar-refractivity contribution in [1.82, 2.24) is 4.98 Å². The van der Waals surface area contributed by atoms with Gasteiger partial charge >= 0.3 is 11.9 Å². The second-order valence-electron chi connectivity index (χ2n) is 6.50. The Balaban J connectivity index is 2.02. The Morgan fingerprint density at radius 2 is 1.81 bits per heavy atom. The fourth-order valence-electron chi connectivity index (χ4n) is 3.42. The maximum atomic E-state index is 13.0. The first-order valence-electron chi connectivity index (χ1n) is 8.79. The van der Waals surface area contributed by atoms with Crippen LogP contribution in [0.5, 0.6) is 0 Å². The molecule has 3 aromatic rings. The highest BCUT2D eigenvalue weighted by molar-refractivity contribution is 7.14. The number of rotatable bonds is 4. The molecule has 0 radical (unpaired) electrons. The van der Waals surface area contributed by atoms with Gasteiger partial charge in [-0.25, -0.2) is 9.78 Å². The van der Waals surface area contributed by atoms with Crippen molar-refractivity contribution in [1.29, 1.82) is 0 Å². The molecule has 0 saturated carbocycles. The number of anilines is 1. The SMILES string of the molecule is O=C1C(=O)N(c2nccs2)C(c2ccccc2C(=O)O)/C1=C(\O)c1ccc(Cl)cc1Cl. The zero-order valence-corrected chi connectivity index (χ0v) is 17.8. The maximum absolute atomic E-state index is 13.0. The number of amides is 1. The van der Waals surface area contributed by atoms with Crippen molar-refractivity contribution in [3.8, 4) is 0 Å². The Bertz CT molecular complexity index is 1260. The number of aliphatic hydroxyl groups is 1. The van der Waals surface area contributed by atoms with Crippen molar-refractivity contribution in [2.24, 2.45) is 0 Å². The van der Waals surface area contributed by atoms with Crippen molar-refractivity contribution in [3.05, 3.63) is 86.4 Å². The molecule has 1 aromatic heterocycles. The highest BCUT2D eigenvalue weighted by atomic mass is 35.5. The van der Waals surface area contributed by atoms with Crippen LogP contribution >= 0.6 is 34.5 Å². The zero-order valence-electron chi connectivity index (χ0n) is 15.5. The van der Waals surface area contributed by atoms with Crippen LogP contribution in [0, 0.1) is 0 Å². The number of aliphatic hydroxyl groups excluding tert-OH is 1. The number of carbonyl (C=O) groups excluding carboxylic acids is 2. The number of benzene rings is 2. The van der Waals surface area contributed by atoms with E-state index in [4.69, 9.17) is 23.2 Å². The second kappa shape index (κ2) is 8.14. The minimum Gasteiger partial charge on any atom is -0.507 e. The highest BCUT2D eigenvalue weighted by Crippen LogP contribution is 2.44. The van der Waals surface area contributed by atoms with Crippen molar-refractivity contribution in [3.63, 3.8) is 0 Å². The largest absolute Gasteiger partial charge is 0.507 e. The fraction of sp³-hybridized carbons (Fsp3) is 0.0476. The van der Waals surface area contributed by atoms with Gasteiger partial charge in [-0.3, -0.25) is 14.5 Å². The molecular weight excluding hydrogens is 463 g/mol. The lowest BCUT2D eigenvalue weighted by molar-refractivity contribution is -0.132. The summed E-state index contributed by atoms with van der Waals surface area (Å²) in [5.74, 6) is -3.70. The lowest BCUT2D eigenvalue weighted by atomic mass is 9.92. The number of Topliss-reactive ketones (excluding diaryl/α,β-unsaturated/α-hetero) is 1. The molecule has 1 aliphatic heterocycles. The van der Waals surface area contributed by atoms with Crippen LogP contribution < -0.4 is 4.90 Å². The van der Waals surface area contributed by atoms with E-state index in [0.717, 1.165) is 16.2 Å². The molecule has 1 atom stereocenters. The molecule has 0 bridgehead atoms. The van der Waals surface area contributed by atoms with Gasteiger partial charge in [-0.2, -0.15) is 0 Å². The summed E-state index contributed by atoms with van der Waals surface area (Å²) in [5, 5.41) is 22.9. The van der Waals surface area contributed by atoms with Gasteiger partial charge in [0.05, 0.1) is 22.2 Å². The molecule has 2 heterocycles. The summed E-state index contributed by atoms with van der Waals surface area (Å²) >= 11 is 13.2. The van der Waals surface area contributed by atoms with Gasteiger partial charge in [0.25, 0.3) is 5.78 Å². The Labute approximate surface area is 189 Å². The monoisotopic (exact) mass is 474 g/mol. The van der Waals surface area contributed by atoms with Crippen LogP contribution in [-0.2, 0) is 9.59 Å². The molecule has 1 aliphatic rings. The van der Waals surface area contributed by atoms with Crippen molar-refractivity contribution in [2.45, 2.75) is 6.04 Å². The normalized spacial score (nSPS) is 17.9. The molecule has 7 nitrogen and oxygen atoms in total. The second-order valence-corrected chi connectivity index (χ2v) is 8.22. The first-order valence-corrected chi connectivity index (χ1v) is 10.4. The Morgan fingerprint density at radius 3 is 2.45 bits per heavy atom. The van der Waals surface area contributed by atoms with E-state index in [1.54, 1.807) is 11.4 Å². The molecule has 4 rings (SSSR count). The number of carbonyl (C=O) groups is 3. The van der Waals surface area contributed by atoms with Crippen LogP contribution in [0.2, 0.25) is 10.0 Å². The van der Waals surface area contributed by atoms with Crippen LogP contribution in [0.1, 0.15) is 27.5 Å². The van der Waals surface area contributed by atoms with E-state index in [9.17, 15) is 24.6 Å². The molecular formula is C21H12Cl2N2O5S. The molecule has 1 amide bonds. The van der Waals surface area contributed by atoms with E-state index in [-0.39, 0.29) is 32.4 Å². The first-order chi connectivity index (χ1) is 14.8. The van der Waals surface area contributed by atoms with Crippen LogP contribution in [0.25, 0.3) is 5.76 Å². The predicted molar refractivity (Wildman–Crippen MR) is 117 cm³/mol. The van der Waals surface area contributed by atoms with Crippen molar-refractivity contribution >= 4 is 63.1 Å². The zero-order chi connectivity index (χ0) is 22.3. The number of carboxylic acid groups (broad SMARTS) is 1. The van der Waals surface area contributed by atoms with Gasteiger partial charge in [0.15, 0.2) is 5.13 Å². The molecule has 0 spiro atoms. The summed E-state index contributed by atoms with van der Waals surface area (Å²) < 4.78 is 0. The average molecular weight is 475 g/mol. The van der Waals surface area contributed by atoms with Gasteiger partial charge in [-0.15, -0.1) is 11.3 Å². The van der Waals surface area contributed by atoms with Crippen LogP contribution in [0.4, 0.5) is 5.13 Å². The summed E-state index contributed by atoms with van der Waals surface area (Å²) in [7, 11) is 0. The van der Waals surface area contributed by atoms with Gasteiger partial charge in [-0.1, -0.05) is 41.4 Å². The summed E-state index contributed by atoms with van der Waals surface area (Å²) in [6.07, 6.45) is 1.45. The van der Waals surface area contributed by atoms with Crippen molar-refractivity contribution < 1.29 is 24.6 Å². The third kappa shape index (κ3) is 3.59. The van der Waals surface area contributed by atoms with Gasteiger partial charge < -0.3 is 10.2 Å². The molecule has 10 heteroatoms. The smallest absolute Gasteiger partial charge is 0.336 e. The van der Waals surface area contributed by atoms with Crippen LogP contribution in [-0.4, -0.2) is 32.9 Å². The Hall–Kier alpha value is -3.20. The van der Waals surface area contributed by atoms with E-state index in [2.05, 4.69) is 4.98 Å². The van der Waals surface area contributed by atoms with Gasteiger partial charge in [0, 0.05) is 22.2 Å². The van der Waals surface area contributed by atoms with Crippen LogP contribution in [0.3, 0.4) is 0 Å². The number of thiazole rings is 1. The molecule has 2 N–H and O–H groups in total. The lowest BCUT2D eigenvalue weighted by Gasteiger charge is -2.24. The number of hydrogen-bond donors (Lipinski definition) is 2. The number of aromatic nitrogens is 1. The van der Waals surface area contributed by atoms with Gasteiger partial charge in [-0.05, 0) is 29.8 Å². The maximum Gasteiger partial charge on any atom is 0.336 e. The van der Waals surface area contributed by atoms with E-state index in [1.807, 2.05) is 0 Å². The Morgan fingerprint density at radius 1 is 1.06 bits per heavy atom. The molecule has 2 aromatic carbocycles. The summed E-state index contributed by atoms with van der Waals surface area (Å²) in [5.41, 5.74) is -0.181. The highest BCUT2D eigenvalue weighted by Gasteiger charge is 2.49. The quantitative estimate of drug-likeness (QED) is 0.320. The van der Waals surface area contributed by atoms with Crippen LogP contribution in [0.15, 0.2) is 59.6 Å².